The van der Waals surface area contributed by atoms with Crippen molar-refractivity contribution in [3.63, 3.8) is 0 Å². The maximum Gasteiger partial charge on any atom is 0.326 e. The number of carboxylic acid groups (broad SMARTS) is 1. The number of benzene rings is 3. The molecule has 0 saturated carbocycles. The van der Waals surface area contributed by atoms with Crippen LogP contribution in [0, 0.1) is 6.92 Å². The van der Waals surface area contributed by atoms with E-state index < -0.39 is 12.0 Å². The van der Waals surface area contributed by atoms with E-state index in [0.29, 0.717) is 24.3 Å². The smallest absolute Gasteiger partial charge is 0.326 e. The number of aliphatic carboxylic acids is 1. The fourth-order valence-electron chi connectivity index (χ4n) is 4.84. The number of aryl methyl sites for hydroxylation is 1. The van der Waals surface area contributed by atoms with Crippen LogP contribution in [0.2, 0.25) is 0 Å². The summed E-state index contributed by atoms with van der Waals surface area (Å²) < 4.78 is 6.16. The molecule has 7 heteroatoms. The minimum absolute atomic E-state index is 0.199. The Labute approximate surface area is 229 Å². The Morgan fingerprint density at radius 1 is 1.05 bits per heavy atom. The lowest BCUT2D eigenvalue weighted by atomic mass is 9.93. The summed E-state index contributed by atoms with van der Waals surface area (Å²) >= 11 is 1.56. The van der Waals surface area contributed by atoms with E-state index in [-0.39, 0.29) is 12.0 Å². The van der Waals surface area contributed by atoms with Crippen molar-refractivity contribution >= 4 is 23.6 Å². The molecule has 38 heavy (non-hydrogen) atoms. The first-order chi connectivity index (χ1) is 18.4. The largest absolute Gasteiger partial charge is 0.480 e. The SMILES string of the molecule is CSCC[C@H](NC(=O)c1ccc(CN2CCC(OCc3ccccc3)C2)cc1-c1ccccc1C)C(=O)O. The second-order valence-electron chi connectivity index (χ2n) is 9.78. The Balaban J connectivity index is 1.49. The first kappa shape index (κ1) is 27.9. The highest BCUT2D eigenvalue weighted by molar-refractivity contribution is 7.98. The van der Waals surface area contributed by atoms with Gasteiger partial charge < -0.3 is 15.2 Å². The van der Waals surface area contributed by atoms with Crippen molar-refractivity contribution in [2.45, 2.75) is 45.1 Å². The second-order valence-corrected chi connectivity index (χ2v) is 10.8. The summed E-state index contributed by atoms with van der Waals surface area (Å²) in [6, 6.07) is 23.2. The van der Waals surface area contributed by atoms with E-state index in [1.54, 1.807) is 11.8 Å². The standard InChI is InChI=1S/C31H36N2O4S/c1-22-8-6-7-11-26(22)28-18-24(12-13-27(28)30(34)32-29(31(35)36)15-17-38-2)19-33-16-14-25(20-33)37-21-23-9-4-3-5-10-23/h3-13,18,25,29H,14-17,19-21H2,1-2H3,(H,32,34)(H,35,36)/t25?,29-/m0/s1. The van der Waals surface area contributed by atoms with Gasteiger partial charge in [0.15, 0.2) is 0 Å². The molecule has 1 amide bonds. The molecule has 4 rings (SSSR count). The maximum atomic E-state index is 13.3. The van der Waals surface area contributed by atoms with E-state index in [9.17, 15) is 14.7 Å². The molecule has 3 aromatic rings. The van der Waals surface area contributed by atoms with E-state index in [0.717, 1.165) is 48.3 Å². The number of thioether (sulfide) groups is 1. The lowest BCUT2D eigenvalue weighted by Gasteiger charge is -2.20. The third-order valence-electron chi connectivity index (χ3n) is 6.94. The quantitative estimate of drug-likeness (QED) is 0.326. The van der Waals surface area contributed by atoms with Crippen LogP contribution in [0.4, 0.5) is 0 Å². The van der Waals surface area contributed by atoms with Crippen LogP contribution in [0.15, 0.2) is 72.8 Å². The number of amides is 1. The van der Waals surface area contributed by atoms with Crippen LogP contribution in [-0.4, -0.2) is 59.1 Å². The van der Waals surface area contributed by atoms with Crippen LogP contribution < -0.4 is 5.32 Å². The molecule has 1 unspecified atom stereocenters. The van der Waals surface area contributed by atoms with Crippen LogP contribution in [0.25, 0.3) is 11.1 Å². The molecule has 2 atom stereocenters. The van der Waals surface area contributed by atoms with Gasteiger partial charge in [0.2, 0.25) is 0 Å². The van der Waals surface area contributed by atoms with Crippen LogP contribution >= 0.6 is 11.8 Å². The van der Waals surface area contributed by atoms with Crippen molar-refractivity contribution in [2.24, 2.45) is 0 Å². The molecule has 1 saturated heterocycles. The first-order valence-corrected chi connectivity index (χ1v) is 14.4. The molecule has 1 fully saturated rings. The third kappa shape index (κ3) is 7.47. The number of hydrogen-bond donors (Lipinski definition) is 2. The van der Waals surface area contributed by atoms with Crippen molar-refractivity contribution < 1.29 is 19.4 Å². The highest BCUT2D eigenvalue weighted by atomic mass is 32.2. The molecular formula is C31H36N2O4S. The lowest BCUT2D eigenvalue weighted by molar-refractivity contribution is -0.139. The van der Waals surface area contributed by atoms with E-state index in [1.165, 1.54) is 5.56 Å². The molecule has 2 N–H and O–H groups in total. The number of hydrogen-bond acceptors (Lipinski definition) is 5. The van der Waals surface area contributed by atoms with Gasteiger partial charge in [-0.2, -0.15) is 11.8 Å². The van der Waals surface area contributed by atoms with E-state index in [1.807, 2.05) is 67.8 Å². The summed E-state index contributed by atoms with van der Waals surface area (Å²) in [5.41, 5.74) is 5.64. The van der Waals surface area contributed by atoms with Gasteiger partial charge in [-0.05, 0) is 71.7 Å². The van der Waals surface area contributed by atoms with Crippen molar-refractivity contribution in [1.29, 1.82) is 0 Å². The number of nitrogens with zero attached hydrogens (tertiary/aromatic N) is 1. The monoisotopic (exact) mass is 532 g/mol. The van der Waals surface area contributed by atoms with Crippen LogP contribution in [0.3, 0.4) is 0 Å². The van der Waals surface area contributed by atoms with Gasteiger partial charge in [-0.15, -0.1) is 0 Å². The Morgan fingerprint density at radius 3 is 2.55 bits per heavy atom. The average molecular weight is 533 g/mol. The minimum Gasteiger partial charge on any atom is -0.480 e. The molecule has 1 aliphatic rings. The van der Waals surface area contributed by atoms with Gasteiger partial charge in [0.25, 0.3) is 5.91 Å². The van der Waals surface area contributed by atoms with Gasteiger partial charge in [-0.3, -0.25) is 9.69 Å². The molecular weight excluding hydrogens is 496 g/mol. The molecule has 0 aliphatic carbocycles. The first-order valence-electron chi connectivity index (χ1n) is 13.0. The molecule has 0 spiro atoms. The van der Waals surface area contributed by atoms with Crippen LogP contribution in [0.1, 0.15) is 39.9 Å². The van der Waals surface area contributed by atoms with E-state index in [4.69, 9.17) is 4.74 Å². The van der Waals surface area contributed by atoms with Gasteiger partial charge in [-0.1, -0.05) is 60.7 Å². The normalized spacial score (nSPS) is 16.3. The summed E-state index contributed by atoms with van der Waals surface area (Å²) in [5.74, 6) is -0.717. The topological polar surface area (TPSA) is 78.9 Å². The highest BCUT2D eigenvalue weighted by Crippen LogP contribution is 2.29. The zero-order valence-electron chi connectivity index (χ0n) is 22.1. The second kappa shape index (κ2) is 13.6. The molecule has 3 aromatic carbocycles. The van der Waals surface area contributed by atoms with Crippen LogP contribution in [-0.2, 0) is 22.7 Å². The maximum absolute atomic E-state index is 13.3. The summed E-state index contributed by atoms with van der Waals surface area (Å²) in [6.07, 6.45) is 3.49. The van der Waals surface area contributed by atoms with Crippen molar-refractivity contribution in [3.05, 3.63) is 95.1 Å². The predicted molar refractivity (Wildman–Crippen MR) is 153 cm³/mol. The summed E-state index contributed by atoms with van der Waals surface area (Å²) in [7, 11) is 0. The average Bonchev–Trinajstić information content (AvgIpc) is 3.37. The van der Waals surface area contributed by atoms with Crippen LogP contribution in [0.5, 0.6) is 0 Å². The predicted octanol–water partition coefficient (Wildman–Crippen LogP) is 5.39. The van der Waals surface area contributed by atoms with Gasteiger partial charge in [-0.25, -0.2) is 4.79 Å². The zero-order valence-corrected chi connectivity index (χ0v) is 22.9. The molecule has 0 aromatic heterocycles. The lowest BCUT2D eigenvalue weighted by Crippen LogP contribution is -2.41. The third-order valence-corrected chi connectivity index (χ3v) is 7.59. The molecule has 6 nitrogen and oxygen atoms in total. The molecule has 1 heterocycles. The Morgan fingerprint density at radius 2 is 1.82 bits per heavy atom. The number of nitrogens with one attached hydrogen (secondary N) is 1. The van der Waals surface area contributed by atoms with Gasteiger partial charge >= 0.3 is 5.97 Å². The number of likely N-dealkylation sites (tertiary alicyclic amines) is 1. The minimum atomic E-state index is -1.01. The number of ether oxygens (including phenoxy) is 1. The fraction of sp³-hybridized carbons (Fsp3) is 0.355. The number of carbonyl (C=O) groups is 2. The summed E-state index contributed by atoms with van der Waals surface area (Å²) in [6.45, 7) is 5.23. The van der Waals surface area contributed by atoms with Gasteiger partial charge in [0, 0.05) is 25.2 Å². The molecule has 200 valence electrons. The number of carbonyl (C=O) groups excluding carboxylic acids is 1. The number of carboxylic acids is 1. The van der Waals surface area contributed by atoms with Gasteiger partial charge in [0.05, 0.1) is 12.7 Å². The van der Waals surface area contributed by atoms with Crippen molar-refractivity contribution in [2.75, 3.05) is 25.1 Å². The molecule has 0 radical (unpaired) electrons. The Hall–Kier alpha value is -3.13. The molecule has 1 aliphatic heterocycles. The number of rotatable bonds is 12. The molecule has 0 bridgehead atoms. The van der Waals surface area contributed by atoms with E-state index >= 15 is 0 Å². The van der Waals surface area contributed by atoms with Crippen molar-refractivity contribution in [1.82, 2.24) is 10.2 Å². The Kier molecular flexibility index (Phi) is 9.98. The highest BCUT2D eigenvalue weighted by Gasteiger charge is 2.25. The van der Waals surface area contributed by atoms with E-state index in [2.05, 4.69) is 28.4 Å². The van der Waals surface area contributed by atoms with Gasteiger partial charge in [0.1, 0.15) is 6.04 Å². The summed E-state index contributed by atoms with van der Waals surface area (Å²) in [5, 5.41) is 12.4. The zero-order chi connectivity index (χ0) is 26.9. The van der Waals surface area contributed by atoms with Crippen molar-refractivity contribution in [3.8, 4) is 11.1 Å². The Bertz CT molecular complexity index is 1230. The summed E-state index contributed by atoms with van der Waals surface area (Å²) in [4.78, 5) is 27.4. The fourth-order valence-corrected chi connectivity index (χ4v) is 5.31.